The molecule has 0 aromatic heterocycles. The summed E-state index contributed by atoms with van der Waals surface area (Å²) in [4.78, 5) is 27.7. The molecule has 2 rings (SSSR count). The monoisotopic (exact) mass is 288 g/mol. The number of nitrogens with zero attached hydrogens (tertiary/aromatic N) is 2. The van der Waals surface area contributed by atoms with Crippen LogP contribution in [-0.2, 0) is 16.0 Å². The maximum atomic E-state index is 12.4. The summed E-state index contributed by atoms with van der Waals surface area (Å²) in [6.07, 6.45) is 0.990. The van der Waals surface area contributed by atoms with Crippen LogP contribution in [0.1, 0.15) is 30.0 Å². The number of carbonyl (C=O) groups is 2. The standard InChI is InChI=1S/C17H24N2O2/c1-4-16(20)18-7-9-19(10-8-18)17(21)12-15-6-5-13(2)11-14(15)3/h5-6,11H,4,7-10,12H2,1-3H3. The second-order valence-corrected chi connectivity index (χ2v) is 5.72. The third kappa shape index (κ3) is 3.84. The van der Waals surface area contributed by atoms with Crippen molar-refractivity contribution in [2.45, 2.75) is 33.6 Å². The van der Waals surface area contributed by atoms with Crippen molar-refractivity contribution in [1.82, 2.24) is 9.80 Å². The molecule has 0 spiro atoms. The molecule has 1 aromatic rings. The van der Waals surface area contributed by atoms with Gasteiger partial charge in [0.15, 0.2) is 0 Å². The summed E-state index contributed by atoms with van der Waals surface area (Å²) in [6, 6.07) is 6.20. The van der Waals surface area contributed by atoms with Crippen LogP contribution in [0.4, 0.5) is 0 Å². The average molecular weight is 288 g/mol. The molecule has 1 fully saturated rings. The Morgan fingerprint density at radius 2 is 1.57 bits per heavy atom. The lowest BCUT2D eigenvalue weighted by Crippen LogP contribution is -2.50. The van der Waals surface area contributed by atoms with Crippen molar-refractivity contribution in [3.8, 4) is 0 Å². The number of rotatable bonds is 3. The van der Waals surface area contributed by atoms with Crippen molar-refractivity contribution in [1.29, 1.82) is 0 Å². The summed E-state index contributed by atoms with van der Waals surface area (Å²) in [7, 11) is 0. The molecular formula is C17H24N2O2. The molecule has 0 atom stereocenters. The molecule has 0 bridgehead atoms. The minimum absolute atomic E-state index is 0.158. The number of benzene rings is 1. The van der Waals surface area contributed by atoms with Crippen LogP contribution >= 0.6 is 0 Å². The quantitative estimate of drug-likeness (QED) is 0.852. The van der Waals surface area contributed by atoms with E-state index in [1.165, 1.54) is 11.1 Å². The van der Waals surface area contributed by atoms with Gasteiger partial charge in [0.2, 0.25) is 11.8 Å². The number of amides is 2. The van der Waals surface area contributed by atoms with E-state index < -0.39 is 0 Å². The van der Waals surface area contributed by atoms with E-state index in [1.807, 2.05) is 35.8 Å². The minimum atomic E-state index is 0.158. The van der Waals surface area contributed by atoms with Crippen LogP contribution in [0.2, 0.25) is 0 Å². The Labute approximate surface area is 126 Å². The third-order valence-corrected chi connectivity index (χ3v) is 4.13. The first-order valence-corrected chi connectivity index (χ1v) is 7.63. The highest BCUT2D eigenvalue weighted by molar-refractivity contribution is 5.80. The molecular weight excluding hydrogens is 264 g/mol. The van der Waals surface area contributed by atoms with Gasteiger partial charge in [-0.3, -0.25) is 9.59 Å². The molecule has 114 valence electrons. The Morgan fingerprint density at radius 1 is 1.00 bits per heavy atom. The van der Waals surface area contributed by atoms with E-state index in [4.69, 9.17) is 0 Å². The maximum Gasteiger partial charge on any atom is 0.227 e. The van der Waals surface area contributed by atoms with E-state index in [1.54, 1.807) is 0 Å². The summed E-state index contributed by atoms with van der Waals surface area (Å²) in [6.45, 7) is 8.59. The highest BCUT2D eigenvalue weighted by atomic mass is 16.2. The first-order chi connectivity index (χ1) is 10.0. The van der Waals surface area contributed by atoms with Crippen LogP contribution in [0.5, 0.6) is 0 Å². The molecule has 1 aliphatic rings. The molecule has 1 aromatic carbocycles. The molecule has 2 amide bonds. The fourth-order valence-corrected chi connectivity index (χ4v) is 2.75. The largest absolute Gasteiger partial charge is 0.339 e. The van der Waals surface area contributed by atoms with Crippen LogP contribution in [0.25, 0.3) is 0 Å². The zero-order valence-corrected chi connectivity index (χ0v) is 13.2. The van der Waals surface area contributed by atoms with Crippen LogP contribution < -0.4 is 0 Å². The fourth-order valence-electron chi connectivity index (χ4n) is 2.75. The van der Waals surface area contributed by atoms with Gasteiger partial charge >= 0.3 is 0 Å². The van der Waals surface area contributed by atoms with E-state index in [0.717, 1.165) is 5.56 Å². The second-order valence-electron chi connectivity index (χ2n) is 5.72. The summed E-state index contributed by atoms with van der Waals surface area (Å²) in [5, 5.41) is 0. The highest BCUT2D eigenvalue weighted by Gasteiger charge is 2.23. The molecule has 0 aliphatic carbocycles. The molecule has 1 saturated heterocycles. The van der Waals surface area contributed by atoms with Crippen molar-refractivity contribution < 1.29 is 9.59 Å². The summed E-state index contributed by atoms with van der Waals surface area (Å²) >= 11 is 0. The van der Waals surface area contributed by atoms with Crippen LogP contribution in [0, 0.1) is 13.8 Å². The molecule has 0 saturated carbocycles. The summed E-state index contributed by atoms with van der Waals surface area (Å²) in [5.74, 6) is 0.335. The van der Waals surface area contributed by atoms with Crippen molar-refractivity contribution in [3.63, 3.8) is 0 Å². The number of aryl methyl sites for hydroxylation is 2. The molecule has 4 heteroatoms. The maximum absolute atomic E-state index is 12.4. The summed E-state index contributed by atoms with van der Waals surface area (Å²) in [5.41, 5.74) is 3.48. The van der Waals surface area contributed by atoms with Gasteiger partial charge in [0, 0.05) is 32.6 Å². The van der Waals surface area contributed by atoms with Gasteiger partial charge in [-0.1, -0.05) is 30.7 Å². The Kier molecular flexibility index (Phi) is 4.99. The van der Waals surface area contributed by atoms with Crippen molar-refractivity contribution in [3.05, 3.63) is 34.9 Å². The van der Waals surface area contributed by atoms with Gasteiger partial charge in [-0.25, -0.2) is 0 Å². The topological polar surface area (TPSA) is 40.6 Å². The van der Waals surface area contributed by atoms with Gasteiger partial charge in [-0.05, 0) is 25.0 Å². The summed E-state index contributed by atoms with van der Waals surface area (Å²) < 4.78 is 0. The van der Waals surface area contributed by atoms with Gasteiger partial charge in [0.05, 0.1) is 6.42 Å². The third-order valence-electron chi connectivity index (χ3n) is 4.13. The molecule has 1 heterocycles. The molecule has 0 radical (unpaired) electrons. The average Bonchev–Trinajstić information content (AvgIpc) is 2.49. The SMILES string of the molecule is CCC(=O)N1CCN(C(=O)Cc2ccc(C)cc2C)CC1. The van der Waals surface area contributed by atoms with Gasteiger partial charge in [0.1, 0.15) is 0 Å². The Morgan fingerprint density at radius 3 is 2.10 bits per heavy atom. The normalized spacial score (nSPS) is 15.2. The van der Waals surface area contributed by atoms with E-state index in [0.29, 0.717) is 39.0 Å². The predicted octanol–water partition coefficient (Wildman–Crippen LogP) is 1.93. The smallest absolute Gasteiger partial charge is 0.227 e. The molecule has 0 N–H and O–H groups in total. The Bertz CT molecular complexity index is 532. The van der Waals surface area contributed by atoms with Gasteiger partial charge in [0.25, 0.3) is 0 Å². The van der Waals surface area contributed by atoms with E-state index in [9.17, 15) is 9.59 Å². The highest BCUT2D eigenvalue weighted by Crippen LogP contribution is 2.13. The van der Waals surface area contributed by atoms with E-state index in [2.05, 4.69) is 13.0 Å². The lowest BCUT2D eigenvalue weighted by atomic mass is 10.0. The lowest BCUT2D eigenvalue weighted by Gasteiger charge is -2.34. The minimum Gasteiger partial charge on any atom is -0.339 e. The van der Waals surface area contributed by atoms with Crippen molar-refractivity contribution >= 4 is 11.8 Å². The van der Waals surface area contributed by atoms with Gasteiger partial charge in [-0.15, -0.1) is 0 Å². The fraction of sp³-hybridized carbons (Fsp3) is 0.529. The molecule has 1 aliphatic heterocycles. The number of piperazine rings is 1. The molecule has 4 nitrogen and oxygen atoms in total. The zero-order valence-electron chi connectivity index (χ0n) is 13.2. The first kappa shape index (κ1) is 15.5. The Hall–Kier alpha value is -1.84. The number of hydrogen-bond acceptors (Lipinski definition) is 2. The van der Waals surface area contributed by atoms with Gasteiger partial charge < -0.3 is 9.80 Å². The van der Waals surface area contributed by atoms with E-state index in [-0.39, 0.29) is 11.8 Å². The first-order valence-electron chi connectivity index (χ1n) is 7.63. The predicted molar refractivity (Wildman–Crippen MR) is 83.1 cm³/mol. The number of hydrogen-bond donors (Lipinski definition) is 0. The molecule has 0 unspecified atom stereocenters. The van der Waals surface area contributed by atoms with Crippen LogP contribution in [0.3, 0.4) is 0 Å². The van der Waals surface area contributed by atoms with Crippen molar-refractivity contribution in [2.75, 3.05) is 26.2 Å². The zero-order chi connectivity index (χ0) is 15.4. The Balaban J connectivity index is 1.92. The lowest BCUT2D eigenvalue weighted by molar-refractivity contribution is -0.139. The van der Waals surface area contributed by atoms with Crippen LogP contribution in [-0.4, -0.2) is 47.8 Å². The van der Waals surface area contributed by atoms with Crippen molar-refractivity contribution in [2.24, 2.45) is 0 Å². The second kappa shape index (κ2) is 6.74. The van der Waals surface area contributed by atoms with Gasteiger partial charge in [-0.2, -0.15) is 0 Å². The molecule has 21 heavy (non-hydrogen) atoms. The van der Waals surface area contributed by atoms with E-state index >= 15 is 0 Å². The number of carbonyl (C=O) groups excluding carboxylic acids is 2. The van der Waals surface area contributed by atoms with Crippen LogP contribution in [0.15, 0.2) is 18.2 Å².